The number of nitro groups is 1. The van der Waals surface area contributed by atoms with E-state index in [-0.39, 0.29) is 11.3 Å². The van der Waals surface area contributed by atoms with Crippen LogP contribution in [0, 0.1) is 10.1 Å². The highest BCUT2D eigenvalue weighted by atomic mass is 16.6. The number of nitrogens with one attached hydrogen (secondary N) is 1. The molecule has 0 aromatic heterocycles. The SMILES string of the molecule is CC[C@@H](C)c1ccc(NC(=O)COC(=O)/C=C/c2ccccc2[N+](=O)[O-])cc1. The highest BCUT2D eigenvalue weighted by Crippen LogP contribution is 2.20. The van der Waals surface area contributed by atoms with Crippen LogP contribution in [-0.2, 0) is 14.3 Å². The number of nitrogens with zero attached hydrogens (tertiary/aromatic N) is 1. The van der Waals surface area contributed by atoms with Crippen molar-refractivity contribution in [2.24, 2.45) is 0 Å². The molecule has 0 spiro atoms. The third kappa shape index (κ3) is 6.05. The second-order valence-corrected chi connectivity index (χ2v) is 6.24. The number of para-hydroxylation sites is 1. The molecule has 2 rings (SSSR count). The topological polar surface area (TPSA) is 98.5 Å². The quantitative estimate of drug-likeness (QED) is 0.318. The molecule has 0 unspecified atom stereocenters. The standard InChI is InChI=1S/C21H22N2O5/c1-3-15(2)16-8-11-18(12-9-16)22-20(24)14-28-21(25)13-10-17-6-4-5-7-19(17)23(26)27/h4-13,15H,3,14H2,1-2H3,(H,22,24)/b13-10+/t15-/m1/s1. The molecule has 1 amide bonds. The monoisotopic (exact) mass is 382 g/mol. The van der Waals surface area contributed by atoms with E-state index in [4.69, 9.17) is 4.74 Å². The normalized spacial score (nSPS) is 11.8. The first kappa shape index (κ1) is 20.8. The van der Waals surface area contributed by atoms with Crippen molar-refractivity contribution in [3.63, 3.8) is 0 Å². The summed E-state index contributed by atoms with van der Waals surface area (Å²) in [5.41, 5.74) is 1.95. The van der Waals surface area contributed by atoms with Gasteiger partial charge < -0.3 is 10.1 Å². The van der Waals surface area contributed by atoms with E-state index in [0.29, 0.717) is 11.6 Å². The smallest absolute Gasteiger partial charge is 0.331 e. The maximum atomic E-state index is 11.9. The number of amides is 1. The number of carbonyl (C=O) groups is 2. The Morgan fingerprint density at radius 1 is 1.18 bits per heavy atom. The largest absolute Gasteiger partial charge is 0.452 e. The van der Waals surface area contributed by atoms with E-state index in [2.05, 4.69) is 19.2 Å². The second-order valence-electron chi connectivity index (χ2n) is 6.24. The molecule has 1 atom stereocenters. The van der Waals surface area contributed by atoms with Gasteiger partial charge in [-0.05, 0) is 42.2 Å². The van der Waals surface area contributed by atoms with Crippen LogP contribution >= 0.6 is 0 Å². The van der Waals surface area contributed by atoms with Gasteiger partial charge >= 0.3 is 5.97 Å². The van der Waals surface area contributed by atoms with Crippen molar-refractivity contribution in [2.45, 2.75) is 26.2 Å². The van der Waals surface area contributed by atoms with Crippen molar-refractivity contribution in [1.82, 2.24) is 0 Å². The molecular formula is C21H22N2O5. The summed E-state index contributed by atoms with van der Waals surface area (Å²) in [5, 5.41) is 13.6. The Labute approximate surface area is 163 Å². The Hall–Kier alpha value is -3.48. The predicted molar refractivity (Wildman–Crippen MR) is 107 cm³/mol. The van der Waals surface area contributed by atoms with Crippen LogP contribution in [0.25, 0.3) is 6.08 Å². The van der Waals surface area contributed by atoms with Crippen LogP contribution < -0.4 is 5.32 Å². The van der Waals surface area contributed by atoms with E-state index < -0.39 is 23.4 Å². The first-order chi connectivity index (χ1) is 13.4. The van der Waals surface area contributed by atoms with Gasteiger partial charge in [-0.25, -0.2) is 4.79 Å². The molecule has 0 bridgehead atoms. The summed E-state index contributed by atoms with van der Waals surface area (Å²) in [6.07, 6.45) is 3.36. The van der Waals surface area contributed by atoms with E-state index in [1.165, 1.54) is 29.8 Å². The maximum absolute atomic E-state index is 11.9. The van der Waals surface area contributed by atoms with E-state index in [0.717, 1.165) is 12.5 Å². The van der Waals surface area contributed by atoms with Crippen LogP contribution in [0.1, 0.15) is 37.3 Å². The fourth-order valence-corrected chi connectivity index (χ4v) is 2.47. The summed E-state index contributed by atoms with van der Waals surface area (Å²) >= 11 is 0. The molecule has 2 aromatic rings. The molecule has 146 valence electrons. The molecule has 7 heteroatoms. The van der Waals surface area contributed by atoms with Crippen molar-refractivity contribution in [3.05, 3.63) is 75.8 Å². The average molecular weight is 382 g/mol. The Morgan fingerprint density at radius 2 is 1.86 bits per heavy atom. The van der Waals surface area contributed by atoms with Crippen molar-refractivity contribution in [3.8, 4) is 0 Å². The van der Waals surface area contributed by atoms with Crippen LogP contribution in [0.5, 0.6) is 0 Å². The number of benzene rings is 2. The van der Waals surface area contributed by atoms with Gasteiger partial charge in [0.1, 0.15) is 0 Å². The molecule has 0 saturated carbocycles. The molecule has 0 heterocycles. The number of carbonyl (C=O) groups excluding carboxylic acids is 2. The van der Waals surface area contributed by atoms with E-state index in [1.807, 2.05) is 12.1 Å². The fraction of sp³-hybridized carbons (Fsp3) is 0.238. The fourth-order valence-electron chi connectivity index (χ4n) is 2.47. The van der Waals surface area contributed by atoms with Gasteiger partial charge in [0, 0.05) is 17.8 Å². The Bertz CT molecular complexity index is 875. The van der Waals surface area contributed by atoms with Gasteiger partial charge in [-0.2, -0.15) is 0 Å². The molecule has 0 radical (unpaired) electrons. The van der Waals surface area contributed by atoms with E-state index in [9.17, 15) is 19.7 Å². The van der Waals surface area contributed by atoms with Crippen LogP contribution in [0.2, 0.25) is 0 Å². The molecule has 2 aromatic carbocycles. The molecule has 28 heavy (non-hydrogen) atoms. The van der Waals surface area contributed by atoms with Gasteiger partial charge in [0.15, 0.2) is 6.61 Å². The van der Waals surface area contributed by atoms with E-state index >= 15 is 0 Å². The molecule has 0 saturated heterocycles. The lowest BCUT2D eigenvalue weighted by Gasteiger charge is -2.10. The summed E-state index contributed by atoms with van der Waals surface area (Å²) < 4.78 is 4.87. The summed E-state index contributed by atoms with van der Waals surface area (Å²) in [6.45, 7) is 3.79. The number of anilines is 1. The predicted octanol–water partition coefficient (Wildman–Crippen LogP) is 4.30. The Morgan fingerprint density at radius 3 is 2.50 bits per heavy atom. The third-order valence-corrected chi connectivity index (χ3v) is 4.25. The van der Waals surface area contributed by atoms with Gasteiger partial charge in [-0.15, -0.1) is 0 Å². The lowest BCUT2D eigenvalue weighted by atomic mass is 9.99. The molecule has 0 aliphatic carbocycles. The third-order valence-electron chi connectivity index (χ3n) is 4.25. The molecule has 7 nitrogen and oxygen atoms in total. The van der Waals surface area contributed by atoms with Gasteiger partial charge in [0.05, 0.1) is 10.5 Å². The van der Waals surface area contributed by atoms with Crippen molar-refractivity contribution in [1.29, 1.82) is 0 Å². The zero-order chi connectivity index (χ0) is 20.5. The number of hydrogen-bond acceptors (Lipinski definition) is 5. The lowest BCUT2D eigenvalue weighted by Crippen LogP contribution is -2.20. The minimum Gasteiger partial charge on any atom is -0.452 e. The van der Waals surface area contributed by atoms with Crippen molar-refractivity contribution in [2.75, 3.05) is 11.9 Å². The Balaban J connectivity index is 1.86. The zero-order valence-electron chi connectivity index (χ0n) is 15.8. The Kier molecular flexibility index (Phi) is 7.45. The van der Waals surface area contributed by atoms with Crippen molar-refractivity contribution < 1.29 is 19.2 Å². The molecular weight excluding hydrogens is 360 g/mol. The molecule has 1 N–H and O–H groups in total. The highest BCUT2D eigenvalue weighted by Gasteiger charge is 2.11. The number of rotatable bonds is 8. The summed E-state index contributed by atoms with van der Waals surface area (Å²) in [7, 11) is 0. The zero-order valence-corrected chi connectivity index (χ0v) is 15.8. The average Bonchev–Trinajstić information content (AvgIpc) is 2.70. The number of hydrogen-bond donors (Lipinski definition) is 1. The molecule has 0 fully saturated rings. The van der Waals surface area contributed by atoms with Gasteiger partial charge in [-0.1, -0.05) is 38.1 Å². The second kappa shape index (κ2) is 10.0. The summed E-state index contributed by atoms with van der Waals surface area (Å²) in [5.74, 6) is -0.790. The molecule has 0 aliphatic rings. The van der Waals surface area contributed by atoms with E-state index in [1.54, 1.807) is 18.2 Å². The summed E-state index contributed by atoms with van der Waals surface area (Å²) in [4.78, 5) is 34.1. The summed E-state index contributed by atoms with van der Waals surface area (Å²) in [6, 6.07) is 13.5. The number of nitro benzene ring substituents is 1. The first-order valence-electron chi connectivity index (χ1n) is 8.88. The van der Waals surface area contributed by atoms with Crippen molar-refractivity contribution >= 4 is 29.3 Å². The van der Waals surface area contributed by atoms with Crippen LogP contribution in [0.15, 0.2) is 54.6 Å². The van der Waals surface area contributed by atoms with Gasteiger partial charge in [0.2, 0.25) is 0 Å². The van der Waals surface area contributed by atoms with Gasteiger partial charge in [-0.3, -0.25) is 14.9 Å². The van der Waals surface area contributed by atoms with Crippen LogP contribution in [-0.4, -0.2) is 23.4 Å². The first-order valence-corrected chi connectivity index (χ1v) is 8.88. The minimum absolute atomic E-state index is 0.120. The number of ether oxygens (including phenoxy) is 1. The van der Waals surface area contributed by atoms with Crippen LogP contribution in [0.4, 0.5) is 11.4 Å². The van der Waals surface area contributed by atoms with Crippen LogP contribution in [0.3, 0.4) is 0 Å². The minimum atomic E-state index is -0.764. The molecule has 0 aliphatic heterocycles. The van der Waals surface area contributed by atoms with Gasteiger partial charge in [0.25, 0.3) is 11.6 Å². The number of esters is 1. The lowest BCUT2D eigenvalue weighted by molar-refractivity contribution is -0.385. The highest BCUT2D eigenvalue weighted by molar-refractivity contribution is 5.94. The maximum Gasteiger partial charge on any atom is 0.331 e.